The van der Waals surface area contributed by atoms with Crippen molar-refractivity contribution in [3.05, 3.63) is 35.4 Å². The van der Waals surface area contributed by atoms with Crippen LogP contribution in [0.25, 0.3) is 0 Å². The average Bonchev–Trinajstić information content (AvgIpc) is 2.67. The second-order valence-electron chi connectivity index (χ2n) is 6.31. The van der Waals surface area contributed by atoms with Crippen molar-refractivity contribution in [1.29, 1.82) is 0 Å². The van der Waals surface area contributed by atoms with E-state index in [0.717, 1.165) is 24.7 Å². The summed E-state index contributed by atoms with van der Waals surface area (Å²) in [5.74, 6) is 1.66. The molecule has 17 heavy (non-hydrogen) atoms. The van der Waals surface area contributed by atoms with E-state index in [-0.39, 0.29) is 5.54 Å². The van der Waals surface area contributed by atoms with E-state index >= 15 is 0 Å². The number of hydrogen-bond donors (Lipinski definition) is 1. The van der Waals surface area contributed by atoms with E-state index < -0.39 is 0 Å². The zero-order chi connectivity index (χ0) is 11.9. The number of nitrogens with two attached hydrogens (primary N) is 1. The van der Waals surface area contributed by atoms with Crippen molar-refractivity contribution in [2.75, 3.05) is 0 Å². The van der Waals surface area contributed by atoms with Crippen LogP contribution < -0.4 is 5.73 Å². The van der Waals surface area contributed by atoms with Gasteiger partial charge in [-0.25, -0.2) is 0 Å². The molecule has 1 fully saturated rings. The Hall–Kier alpha value is -0.820. The first-order chi connectivity index (χ1) is 8.17. The zero-order valence-corrected chi connectivity index (χ0v) is 10.8. The molecule has 3 rings (SSSR count). The molecule has 0 spiro atoms. The van der Waals surface area contributed by atoms with Gasteiger partial charge in [-0.3, -0.25) is 0 Å². The standard InChI is InChI=1S/C16H23N/c1-12-6-8-15(9-7-12)16(17)10-13-4-2-3-5-14(13)11-16/h2-5,12,15H,6-11,17H2,1H3. The monoisotopic (exact) mass is 229 g/mol. The smallest absolute Gasteiger partial charge is 0.0264 e. The van der Waals surface area contributed by atoms with Crippen molar-refractivity contribution < 1.29 is 0 Å². The van der Waals surface area contributed by atoms with E-state index in [2.05, 4.69) is 31.2 Å². The second kappa shape index (κ2) is 4.13. The van der Waals surface area contributed by atoms with Crippen LogP contribution >= 0.6 is 0 Å². The number of rotatable bonds is 1. The molecule has 0 amide bonds. The fourth-order valence-corrected chi connectivity index (χ4v) is 3.80. The summed E-state index contributed by atoms with van der Waals surface area (Å²) in [7, 11) is 0. The van der Waals surface area contributed by atoms with Crippen LogP contribution in [-0.4, -0.2) is 5.54 Å². The van der Waals surface area contributed by atoms with Gasteiger partial charge in [0.25, 0.3) is 0 Å². The highest BCUT2D eigenvalue weighted by Crippen LogP contribution is 2.41. The lowest BCUT2D eigenvalue weighted by Gasteiger charge is -2.38. The summed E-state index contributed by atoms with van der Waals surface area (Å²) in [6.45, 7) is 2.38. The van der Waals surface area contributed by atoms with Gasteiger partial charge >= 0.3 is 0 Å². The van der Waals surface area contributed by atoms with Gasteiger partial charge in [0.05, 0.1) is 0 Å². The van der Waals surface area contributed by atoms with Crippen LogP contribution in [0.1, 0.15) is 43.7 Å². The maximum absolute atomic E-state index is 6.73. The first-order valence-corrected chi connectivity index (χ1v) is 7.03. The lowest BCUT2D eigenvalue weighted by Crippen LogP contribution is -2.49. The minimum atomic E-state index is 0.0594. The van der Waals surface area contributed by atoms with Crippen LogP contribution in [0.5, 0.6) is 0 Å². The van der Waals surface area contributed by atoms with Crippen molar-refractivity contribution in [2.24, 2.45) is 17.6 Å². The molecule has 0 aromatic heterocycles. The molecule has 0 atom stereocenters. The first kappa shape index (κ1) is 11.3. The Bertz CT molecular complexity index is 377. The number of hydrogen-bond acceptors (Lipinski definition) is 1. The molecule has 0 aliphatic heterocycles. The van der Waals surface area contributed by atoms with Gasteiger partial charge in [0.1, 0.15) is 0 Å². The average molecular weight is 229 g/mol. The summed E-state index contributed by atoms with van der Waals surface area (Å²) < 4.78 is 0. The predicted octanol–water partition coefficient (Wildman–Crippen LogP) is 3.31. The lowest BCUT2D eigenvalue weighted by atomic mass is 9.71. The van der Waals surface area contributed by atoms with Crippen LogP contribution in [0.4, 0.5) is 0 Å². The fourth-order valence-electron chi connectivity index (χ4n) is 3.80. The summed E-state index contributed by atoms with van der Waals surface area (Å²) in [4.78, 5) is 0. The Labute approximate surface area is 104 Å². The Morgan fingerprint density at radius 2 is 1.53 bits per heavy atom. The molecule has 0 radical (unpaired) electrons. The molecule has 0 heterocycles. The molecule has 1 heteroatoms. The highest BCUT2D eigenvalue weighted by Gasteiger charge is 2.41. The van der Waals surface area contributed by atoms with Crippen LogP contribution in [0, 0.1) is 11.8 Å². The van der Waals surface area contributed by atoms with E-state index in [4.69, 9.17) is 5.73 Å². The minimum absolute atomic E-state index is 0.0594. The number of fused-ring (bicyclic) bond motifs is 1. The van der Waals surface area contributed by atoms with Gasteiger partial charge < -0.3 is 5.73 Å². The largest absolute Gasteiger partial charge is 0.324 e. The second-order valence-corrected chi connectivity index (χ2v) is 6.31. The van der Waals surface area contributed by atoms with E-state index in [1.807, 2.05) is 0 Å². The van der Waals surface area contributed by atoms with Crippen molar-refractivity contribution >= 4 is 0 Å². The summed E-state index contributed by atoms with van der Waals surface area (Å²) in [6, 6.07) is 8.81. The topological polar surface area (TPSA) is 26.0 Å². The van der Waals surface area contributed by atoms with Gasteiger partial charge in [-0.15, -0.1) is 0 Å². The van der Waals surface area contributed by atoms with Gasteiger partial charge in [-0.05, 0) is 48.6 Å². The maximum atomic E-state index is 6.73. The molecule has 1 saturated carbocycles. The Morgan fingerprint density at radius 3 is 2.06 bits per heavy atom. The molecule has 2 aliphatic carbocycles. The molecular weight excluding hydrogens is 206 g/mol. The highest BCUT2D eigenvalue weighted by atomic mass is 14.8. The fraction of sp³-hybridized carbons (Fsp3) is 0.625. The molecule has 2 aliphatic rings. The van der Waals surface area contributed by atoms with Gasteiger partial charge in [-0.2, -0.15) is 0 Å². The third-order valence-corrected chi connectivity index (χ3v) is 4.99. The summed E-state index contributed by atoms with van der Waals surface area (Å²) in [6.07, 6.45) is 7.63. The molecule has 0 saturated heterocycles. The third kappa shape index (κ3) is 2.01. The molecule has 2 N–H and O–H groups in total. The van der Waals surface area contributed by atoms with Crippen LogP contribution in [0.2, 0.25) is 0 Å². The first-order valence-electron chi connectivity index (χ1n) is 7.03. The Morgan fingerprint density at radius 1 is 1.00 bits per heavy atom. The highest BCUT2D eigenvalue weighted by molar-refractivity contribution is 5.36. The van der Waals surface area contributed by atoms with E-state index in [9.17, 15) is 0 Å². The minimum Gasteiger partial charge on any atom is -0.324 e. The quantitative estimate of drug-likeness (QED) is 0.785. The molecule has 1 nitrogen and oxygen atoms in total. The van der Waals surface area contributed by atoms with Crippen molar-refractivity contribution in [3.63, 3.8) is 0 Å². The van der Waals surface area contributed by atoms with Crippen LogP contribution in [-0.2, 0) is 12.8 Å². The molecule has 0 bridgehead atoms. The van der Waals surface area contributed by atoms with Crippen molar-refractivity contribution in [2.45, 2.75) is 51.0 Å². The van der Waals surface area contributed by atoms with Crippen molar-refractivity contribution in [1.82, 2.24) is 0 Å². The molecule has 1 aromatic rings. The molecule has 1 aromatic carbocycles. The van der Waals surface area contributed by atoms with Gasteiger partial charge in [-0.1, -0.05) is 44.0 Å². The van der Waals surface area contributed by atoms with Crippen molar-refractivity contribution in [3.8, 4) is 0 Å². The van der Waals surface area contributed by atoms with E-state index in [1.54, 1.807) is 0 Å². The zero-order valence-electron chi connectivity index (χ0n) is 10.8. The van der Waals surface area contributed by atoms with Crippen LogP contribution in [0.15, 0.2) is 24.3 Å². The summed E-state index contributed by atoms with van der Waals surface area (Å²) >= 11 is 0. The Kier molecular flexibility index (Phi) is 2.74. The predicted molar refractivity (Wildman–Crippen MR) is 71.9 cm³/mol. The third-order valence-electron chi connectivity index (χ3n) is 4.99. The van der Waals surface area contributed by atoms with E-state index in [1.165, 1.54) is 36.8 Å². The molecule has 92 valence electrons. The lowest BCUT2D eigenvalue weighted by molar-refractivity contribution is 0.185. The van der Waals surface area contributed by atoms with Gasteiger partial charge in [0.15, 0.2) is 0 Å². The van der Waals surface area contributed by atoms with E-state index in [0.29, 0.717) is 0 Å². The van der Waals surface area contributed by atoms with Gasteiger partial charge in [0, 0.05) is 5.54 Å². The van der Waals surface area contributed by atoms with Gasteiger partial charge in [0.2, 0.25) is 0 Å². The normalized spacial score (nSPS) is 31.2. The van der Waals surface area contributed by atoms with Crippen LogP contribution in [0.3, 0.4) is 0 Å². The molecule has 0 unspecified atom stereocenters. The maximum Gasteiger partial charge on any atom is 0.0264 e. The molecular formula is C16H23N. The number of benzene rings is 1. The SMILES string of the molecule is CC1CCC(C2(N)Cc3ccccc3C2)CC1. The Balaban J connectivity index is 1.77. The summed E-state index contributed by atoms with van der Waals surface area (Å²) in [5, 5.41) is 0. The summed E-state index contributed by atoms with van der Waals surface area (Å²) in [5.41, 5.74) is 9.78.